The molecule has 1 aromatic rings. The molecule has 0 aliphatic carbocycles. The molecule has 1 unspecified atom stereocenters. The molecule has 1 rings (SSSR count). The highest BCUT2D eigenvalue weighted by Gasteiger charge is 2.35. The highest BCUT2D eigenvalue weighted by molar-refractivity contribution is 5.77. The molecule has 4 nitrogen and oxygen atoms in total. The number of carbonyl (C=O) groups is 2. The Morgan fingerprint density at radius 3 is 2.35 bits per heavy atom. The van der Waals surface area contributed by atoms with Crippen LogP contribution in [0.4, 0.5) is 0 Å². The van der Waals surface area contributed by atoms with Gasteiger partial charge in [-0.2, -0.15) is 0 Å². The fourth-order valence-electron chi connectivity index (χ4n) is 1.94. The molecule has 0 bridgehead atoms. The molecule has 0 amide bonds. The third-order valence-electron chi connectivity index (χ3n) is 3.10. The molecule has 0 fully saturated rings. The summed E-state index contributed by atoms with van der Waals surface area (Å²) in [6.45, 7) is 5.38. The van der Waals surface area contributed by atoms with E-state index < -0.39 is 5.41 Å². The molecule has 0 spiro atoms. The first-order chi connectivity index (χ1) is 9.48. The van der Waals surface area contributed by atoms with Gasteiger partial charge in [0.1, 0.15) is 13.2 Å². The van der Waals surface area contributed by atoms with E-state index in [9.17, 15) is 9.59 Å². The van der Waals surface area contributed by atoms with E-state index in [1.165, 1.54) is 6.92 Å². The quantitative estimate of drug-likeness (QED) is 0.719. The second-order valence-electron chi connectivity index (χ2n) is 5.15. The van der Waals surface area contributed by atoms with Crippen molar-refractivity contribution in [2.75, 3.05) is 6.61 Å². The lowest BCUT2D eigenvalue weighted by Crippen LogP contribution is -2.35. The molecular weight excluding hydrogens is 256 g/mol. The van der Waals surface area contributed by atoms with Crippen LogP contribution in [0.2, 0.25) is 0 Å². The zero-order valence-corrected chi connectivity index (χ0v) is 12.3. The minimum absolute atomic E-state index is 0.0593. The van der Waals surface area contributed by atoms with Gasteiger partial charge in [-0.3, -0.25) is 9.59 Å². The third-order valence-corrected chi connectivity index (χ3v) is 3.10. The molecule has 4 heteroatoms. The van der Waals surface area contributed by atoms with Crippen molar-refractivity contribution in [2.24, 2.45) is 5.41 Å². The molecular formula is C16H22O4. The summed E-state index contributed by atoms with van der Waals surface area (Å²) < 4.78 is 10.3. The lowest BCUT2D eigenvalue weighted by atomic mass is 9.86. The SMILES string of the molecule is CCCC(C)(COC(C)=O)C(=O)OCc1ccccc1. The van der Waals surface area contributed by atoms with E-state index in [2.05, 4.69) is 0 Å². The molecule has 0 heterocycles. The number of hydrogen-bond acceptors (Lipinski definition) is 4. The van der Waals surface area contributed by atoms with Crippen molar-refractivity contribution in [1.82, 2.24) is 0 Å². The Morgan fingerprint density at radius 2 is 1.80 bits per heavy atom. The maximum atomic E-state index is 12.2. The lowest BCUT2D eigenvalue weighted by molar-refractivity contribution is -0.163. The van der Waals surface area contributed by atoms with E-state index in [-0.39, 0.29) is 25.2 Å². The Balaban J connectivity index is 2.61. The number of hydrogen-bond donors (Lipinski definition) is 0. The highest BCUT2D eigenvalue weighted by Crippen LogP contribution is 2.26. The second kappa shape index (κ2) is 7.68. The average molecular weight is 278 g/mol. The first-order valence-corrected chi connectivity index (χ1v) is 6.82. The van der Waals surface area contributed by atoms with Crippen LogP contribution in [0.15, 0.2) is 30.3 Å². The van der Waals surface area contributed by atoms with Gasteiger partial charge in [0.2, 0.25) is 0 Å². The van der Waals surface area contributed by atoms with Crippen LogP contribution in [0.1, 0.15) is 39.2 Å². The fraction of sp³-hybridized carbons (Fsp3) is 0.500. The van der Waals surface area contributed by atoms with Gasteiger partial charge in [0.25, 0.3) is 0 Å². The summed E-state index contributed by atoms with van der Waals surface area (Å²) in [6, 6.07) is 9.50. The maximum Gasteiger partial charge on any atom is 0.315 e. The summed E-state index contributed by atoms with van der Waals surface area (Å²) in [6.07, 6.45) is 1.44. The van der Waals surface area contributed by atoms with Crippen LogP contribution in [0.25, 0.3) is 0 Å². The maximum absolute atomic E-state index is 12.2. The summed E-state index contributed by atoms with van der Waals surface area (Å²) in [5, 5.41) is 0. The number of carbonyl (C=O) groups excluding carboxylic acids is 2. The van der Waals surface area contributed by atoms with Crippen LogP contribution in [0, 0.1) is 5.41 Å². The largest absolute Gasteiger partial charge is 0.465 e. The van der Waals surface area contributed by atoms with Gasteiger partial charge < -0.3 is 9.47 Å². The van der Waals surface area contributed by atoms with Gasteiger partial charge in [0, 0.05) is 6.92 Å². The van der Waals surface area contributed by atoms with Gasteiger partial charge in [0.05, 0.1) is 5.41 Å². The van der Waals surface area contributed by atoms with Gasteiger partial charge in [-0.15, -0.1) is 0 Å². The van der Waals surface area contributed by atoms with Crippen molar-refractivity contribution in [1.29, 1.82) is 0 Å². The summed E-state index contributed by atoms with van der Waals surface area (Å²) in [5.74, 6) is -0.715. The van der Waals surface area contributed by atoms with E-state index in [0.717, 1.165) is 12.0 Å². The van der Waals surface area contributed by atoms with Gasteiger partial charge in [0.15, 0.2) is 0 Å². The topological polar surface area (TPSA) is 52.6 Å². The fourth-order valence-corrected chi connectivity index (χ4v) is 1.94. The zero-order valence-electron chi connectivity index (χ0n) is 12.3. The Labute approximate surface area is 120 Å². The van der Waals surface area contributed by atoms with Crippen molar-refractivity contribution in [2.45, 2.75) is 40.2 Å². The smallest absolute Gasteiger partial charge is 0.315 e. The average Bonchev–Trinajstić information content (AvgIpc) is 2.44. The predicted molar refractivity (Wildman–Crippen MR) is 75.9 cm³/mol. The Bertz CT molecular complexity index is 441. The minimum atomic E-state index is -0.783. The summed E-state index contributed by atoms with van der Waals surface area (Å²) in [5.41, 5.74) is 0.155. The number of benzene rings is 1. The molecule has 0 aliphatic heterocycles. The van der Waals surface area contributed by atoms with Gasteiger partial charge >= 0.3 is 11.9 Å². The monoisotopic (exact) mass is 278 g/mol. The first kappa shape index (κ1) is 16.2. The van der Waals surface area contributed by atoms with Crippen LogP contribution in [0.5, 0.6) is 0 Å². The Hall–Kier alpha value is -1.84. The molecule has 0 saturated heterocycles. The second-order valence-corrected chi connectivity index (χ2v) is 5.15. The summed E-state index contributed by atoms with van der Waals surface area (Å²) in [4.78, 5) is 23.1. The first-order valence-electron chi connectivity index (χ1n) is 6.82. The van der Waals surface area contributed by atoms with Crippen LogP contribution in [0.3, 0.4) is 0 Å². The van der Waals surface area contributed by atoms with E-state index in [0.29, 0.717) is 6.42 Å². The van der Waals surface area contributed by atoms with Gasteiger partial charge in [-0.05, 0) is 18.9 Å². The van der Waals surface area contributed by atoms with Gasteiger partial charge in [-0.1, -0.05) is 43.7 Å². The third kappa shape index (κ3) is 5.03. The highest BCUT2D eigenvalue weighted by atomic mass is 16.6. The molecule has 20 heavy (non-hydrogen) atoms. The van der Waals surface area contributed by atoms with E-state index >= 15 is 0 Å². The van der Waals surface area contributed by atoms with Crippen LogP contribution < -0.4 is 0 Å². The van der Waals surface area contributed by atoms with Crippen molar-refractivity contribution < 1.29 is 19.1 Å². The van der Waals surface area contributed by atoms with Crippen LogP contribution in [-0.2, 0) is 25.7 Å². The van der Waals surface area contributed by atoms with E-state index in [1.807, 2.05) is 37.3 Å². The van der Waals surface area contributed by atoms with E-state index in [4.69, 9.17) is 9.47 Å². The minimum Gasteiger partial charge on any atom is -0.465 e. The molecule has 0 aromatic heterocycles. The summed E-state index contributed by atoms with van der Waals surface area (Å²) >= 11 is 0. The molecule has 0 saturated carbocycles. The summed E-state index contributed by atoms with van der Waals surface area (Å²) in [7, 11) is 0. The van der Waals surface area contributed by atoms with E-state index in [1.54, 1.807) is 6.92 Å². The normalized spacial score (nSPS) is 13.3. The predicted octanol–water partition coefficient (Wildman–Crippen LogP) is 3.10. The van der Waals surface area contributed by atoms with Crippen LogP contribution in [-0.4, -0.2) is 18.5 Å². The molecule has 0 aliphatic rings. The van der Waals surface area contributed by atoms with Crippen molar-refractivity contribution >= 4 is 11.9 Å². The van der Waals surface area contributed by atoms with Gasteiger partial charge in [-0.25, -0.2) is 0 Å². The number of rotatable bonds is 7. The standard InChI is InChI=1S/C16H22O4/c1-4-10-16(3,12-20-13(2)17)15(18)19-11-14-8-6-5-7-9-14/h5-9H,4,10-12H2,1-3H3. The Kier molecular flexibility index (Phi) is 6.22. The number of ether oxygens (including phenoxy) is 2. The zero-order chi connectivity index (χ0) is 15.0. The number of esters is 2. The molecule has 1 aromatic carbocycles. The van der Waals surface area contributed by atoms with Crippen molar-refractivity contribution in [3.8, 4) is 0 Å². The molecule has 1 atom stereocenters. The Morgan fingerprint density at radius 1 is 1.15 bits per heavy atom. The van der Waals surface area contributed by atoms with Crippen molar-refractivity contribution in [3.63, 3.8) is 0 Å². The molecule has 110 valence electrons. The molecule has 0 N–H and O–H groups in total. The van der Waals surface area contributed by atoms with Crippen molar-refractivity contribution in [3.05, 3.63) is 35.9 Å². The molecule has 0 radical (unpaired) electrons. The lowest BCUT2D eigenvalue weighted by Gasteiger charge is -2.26. The van der Waals surface area contributed by atoms with Crippen LogP contribution >= 0.6 is 0 Å².